The standard InChI is InChI=1S/C23H29N3O6S/c1-4-18-5-7-19(8-6-18)15-26(3)22(28)16-32-23(29)13-14-24-33(30,31)21-11-9-20(10-12-21)25-17(2)27/h5-12,24H,4,13-16H2,1-3H3,(H,25,27). The smallest absolute Gasteiger partial charge is 0.307 e. The number of ether oxygens (including phenoxy) is 1. The van der Waals surface area contributed by atoms with Crippen LogP contribution in [0.25, 0.3) is 0 Å². The summed E-state index contributed by atoms with van der Waals surface area (Å²) in [6.45, 7) is 3.21. The normalized spacial score (nSPS) is 11.0. The highest BCUT2D eigenvalue weighted by Crippen LogP contribution is 2.14. The number of hydrogen-bond acceptors (Lipinski definition) is 6. The molecule has 0 unspecified atom stereocenters. The van der Waals surface area contributed by atoms with Gasteiger partial charge >= 0.3 is 5.97 Å². The van der Waals surface area contributed by atoms with Gasteiger partial charge in [-0.1, -0.05) is 31.2 Å². The van der Waals surface area contributed by atoms with E-state index in [1.54, 1.807) is 7.05 Å². The molecule has 0 atom stereocenters. The molecule has 0 radical (unpaired) electrons. The average Bonchev–Trinajstić information content (AvgIpc) is 2.77. The van der Waals surface area contributed by atoms with Crippen LogP contribution < -0.4 is 10.0 Å². The van der Waals surface area contributed by atoms with Gasteiger partial charge in [0.15, 0.2) is 6.61 Å². The van der Waals surface area contributed by atoms with Crippen molar-refractivity contribution in [1.29, 1.82) is 0 Å². The van der Waals surface area contributed by atoms with Crippen molar-refractivity contribution in [3.8, 4) is 0 Å². The van der Waals surface area contributed by atoms with Crippen molar-refractivity contribution in [3.05, 3.63) is 59.7 Å². The van der Waals surface area contributed by atoms with E-state index in [-0.39, 0.29) is 29.7 Å². The van der Waals surface area contributed by atoms with Crippen molar-refractivity contribution in [2.24, 2.45) is 0 Å². The zero-order chi connectivity index (χ0) is 24.4. The van der Waals surface area contributed by atoms with Crippen molar-refractivity contribution in [1.82, 2.24) is 9.62 Å². The number of aryl methyl sites for hydroxylation is 1. The molecule has 2 rings (SSSR count). The van der Waals surface area contributed by atoms with E-state index in [0.29, 0.717) is 12.2 Å². The van der Waals surface area contributed by atoms with Crippen LogP contribution in [0.15, 0.2) is 53.4 Å². The van der Waals surface area contributed by atoms with Gasteiger partial charge in [-0.15, -0.1) is 0 Å². The second-order valence-electron chi connectivity index (χ2n) is 7.43. The number of carbonyl (C=O) groups is 3. The maximum atomic E-state index is 12.3. The highest BCUT2D eigenvalue weighted by molar-refractivity contribution is 7.89. The molecule has 33 heavy (non-hydrogen) atoms. The minimum atomic E-state index is -3.83. The van der Waals surface area contributed by atoms with Gasteiger partial charge in [0.25, 0.3) is 5.91 Å². The van der Waals surface area contributed by atoms with Crippen LogP contribution >= 0.6 is 0 Å². The third-order valence-electron chi connectivity index (χ3n) is 4.74. The zero-order valence-corrected chi connectivity index (χ0v) is 19.8. The fourth-order valence-electron chi connectivity index (χ4n) is 2.86. The maximum absolute atomic E-state index is 12.3. The molecular formula is C23H29N3O6S. The number of rotatable bonds is 11. The van der Waals surface area contributed by atoms with E-state index in [4.69, 9.17) is 4.74 Å². The van der Waals surface area contributed by atoms with E-state index in [1.807, 2.05) is 24.3 Å². The Morgan fingerprint density at radius 3 is 2.15 bits per heavy atom. The molecule has 178 valence electrons. The fraction of sp³-hybridized carbons (Fsp3) is 0.348. The lowest BCUT2D eigenvalue weighted by atomic mass is 10.1. The van der Waals surface area contributed by atoms with Gasteiger partial charge in [-0.25, -0.2) is 13.1 Å². The summed E-state index contributed by atoms with van der Waals surface area (Å²) in [5.41, 5.74) is 2.64. The fourth-order valence-corrected chi connectivity index (χ4v) is 3.89. The van der Waals surface area contributed by atoms with Crippen molar-refractivity contribution in [3.63, 3.8) is 0 Å². The summed E-state index contributed by atoms with van der Waals surface area (Å²) in [4.78, 5) is 36.6. The first kappa shape index (κ1) is 26.0. The van der Waals surface area contributed by atoms with Gasteiger partial charge in [-0.3, -0.25) is 14.4 Å². The van der Waals surface area contributed by atoms with E-state index in [2.05, 4.69) is 17.0 Å². The number of sulfonamides is 1. The lowest BCUT2D eigenvalue weighted by Crippen LogP contribution is -2.31. The minimum absolute atomic E-state index is 0.00580. The van der Waals surface area contributed by atoms with Gasteiger partial charge in [-0.05, 0) is 41.8 Å². The van der Waals surface area contributed by atoms with Crippen LogP contribution in [0.2, 0.25) is 0 Å². The van der Waals surface area contributed by atoms with Gasteiger partial charge in [0.1, 0.15) is 0 Å². The molecule has 9 nitrogen and oxygen atoms in total. The Kier molecular flexibility index (Phi) is 9.56. The van der Waals surface area contributed by atoms with Gasteiger partial charge in [0.05, 0.1) is 11.3 Å². The van der Waals surface area contributed by atoms with Crippen LogP contribution in [0.5, 0.6) is 0 Å². The Balaban J connectivity index is 1.74. The first-order chi connectivity index (χ1) is 15.6. The van der Waals surface area contributed by atoms with E-state index in [1.165, 1.54) is 41.7 Å². The highest BCUT2D eigenvalue weighted by Gasteiger charge is 2.16. The summed E-state index contributed by atoms with van der Waals surface area (Å²) in [7, 11) is -2.21. The molecule has 10 heteroatoms. The van der Waals surface area contributed by atoms with Gasteiger partial charge in [0.2, 0.25) is 15.9 Å². The molecule has 0 spiro atoms. The molecule has 0 aliphatic carbocycles. The number of hydrogen-bond donors (Lipinski definition) is 2. The molecule has 0 fully saturated rings. The monoisotopic (exact) mass is 475 g/mol. The van der Waals surface area contributed by atoms with Crippen molar-refractivity contribution < 1.29 is 27.5 Å². The topological polar surface area (TPSA) is 122 Å². The molecule has 0 saturated carbocycles. The summed E-state index contributed by atoms with van der Waals surface area (Å²) in [6.07, 6.45) is 0.713. The van der Waals surface area contributed by atoms with Crippen LogP contribution in [-0.2, 0) is 42.1 Å². The second-order valence-corrected chi connectivity index (χ2v) is 9.20. The molecule has 2 aromatic rings. The minimum Gasteiger partial charge on any atom is -0.456 e. The predicted octanol–water partition coefficient (Wildman–Crippen LogP) is 2.08. The number of nitrogens with zero attached hydrogens (tertiary/aromatic N) is 1. The largest absolute Gasteiger partial charge is 0.456 e. The maximum Gasteiger partial charge on any atom is 0.307 e. The number of esters is 1. The van der Waals surface area contributed by atoms with Gasteiger partial charge < -0.3 is 15.0 Å². The quantitative estimate of drug-likeness (QED) is 0.480. The van der Waals surface area contributed by atoms with Crippen LogP contribution in [0.4, 0.5) is 5.69 Å². The van der Waals surface area contributed by atoms with Gasteiger partial charge in [-0.2, -0.15) is 0 Å². The summed E-state index contributed by atoms with van der Waals surface area (Å²) in [5.74, 6) is -1.31. The molecule has 2 aromatic carbocycles. The molecule has 2 N–H and O–H groups in total. The second kappa shape index (κ2) is 12.1. The summed E-state index contributed by atoms with van der Waals surface area (Å²) in [6, 6.07) is 13.5. The molecule has 0 saturated heterocycles. The van der Waals surface area contributed by atoms with Crippen molar-refractivity contribution >= 4 is 33.5 Å². The molecule has 0 bridgehead atoms. The molecular weight excluding hydrogens is 446 g/mol. The number of carbonyl (C=O) groups excluding carboxylic acids is 3. The average molecular weight is 476 g/mol. The lowest BCUT2D eigenvalue weighted by molar-refractivity contribution is -0.151. The molecule has 0 aliphatic heterocycles. The van der Waals surface area contributed by atoms with E-state index in [0.717, 1.165) is 12.0 Å². The predicted molar refractivity (Wildman–Crippen MR) is 124 cm³/mol. The van der Waals surface area contributed by atoms with Crippen molar-refractivity contribution in [2.75, 3.05) is 25.5 Å². The number of nitrogens with one attached hydrogen (secondary N) is 2. The van der Waals surface area contributed by atoms with Crippen LogP contribution in [0, 0.1) is 0 Å². The van der Waals surface area contributed by atoms with E-state index < -0.39 is 22.6 Å². The Bertz CT molecular complexity index is 1070. The zero-order valence-electron chi connectivity index (χ0n) is 19.0. The Morgan fingerprint density at radius 1 is 0.970 bits per heavy atom. The van der Waals surface area contributed by atoms with Crippen LogP contribution in [-0.4, -0.2) is 51.3 Å². The Morgan fingerprint density at radius 2 is 1.58 bits per heavy atom. The third-order valence-corrected chi connectivity index (χ3v) is 6.22. The van der Waals surface area contributed by atoms with Crippen LogP contribution in [0.1, 0.15) is 31.4 Å². The first-order valence-corrected chi connectivity index (χ1v) is 11.9. The number of benzene rings is 2. The summed E-state index contributed by atoms with van der Waals surface area (Å²) >= 11 is 0. The first-order valence-electron chi connectivity index (χ1n) is 10.5. The third kappa shape index (κ3) is 8.66. The Labute approximate surface area is 194 Å². The number of anilines is 1. The molecule has 2 amide bonds. The van der Waals surface area contributed by atoms with Gasteiger partial charge in [0, 0.05) is 32.7 Å². The lowest BCUT2D eigenvalue weighted by Gasteiger charge is -2.17. The summed E-state index contributed by atoms with van der Waals surface area (Å²) in [5, 5.41) is 2.54. The number of amides is 2. The van der Waals surface area contributed by atoms with Crippen LogP contribution in [0.3, 0.4) is 0 Å². The SMILES string of the molecule is CCc1ccc(CN(C)C(=O)COC(=O)CCNS(=O)(=O)c2ccc(NC(C)=O)cc2)cc1. The highest BCUT2D eigenvalue weighted by atomic mass is 32.2. The number of likely N-dealkylation sites (N-methyl/N-ethyl adjacent to an activating group) is 1. The molecule has 0 aliphatic rings. The molecule has 0 heterocycles. The summed E-state index contributed by atoms with van der Waals surface area (Å²) < 4.78 is 31.9. The Hall–Kier alpha value is -3.24. The van der Waals surface area contributed by atoms with E-state index in [9.17, 15) is 22.8 Å². The molecule has 0 aromatic heterocycles. The van der Waals surface area contributed by atoms with Crippen molar-refractivity contribution in [2.45, 2.75) is 38.1 Å². The van der Waals surface area contributed by atoms with E-state index >= 15 is 0 Å².